The number of fused-ring (bicyclic) bond motifs is 1. The summed E-state index contributed by atoms with van der Waals surface area (Å²) in [6.45, 7) is 4.38. The van der Waals surface area contributed by atoms with E-state index in [2.05, 4.69) is 30.2 Å². The number of likely N-dealkylation sites (tertiary alicyclic amines) is 1. The van der Waals surface area contributed by atoms with Gasteiger partial charge in [0.1, 0.15) is 0 Å². The predicted octanol–water partition coefficient (Wildman–Crippen LogP) is 4.27. The molecule has 0 aliphatic carbocycles. The van der Waals surface area contributed by atoms with Crippen molar-refractivity contribution in [2.45, 2.75) is 32.3 Å². The normalized spacial score (nSPS) is 17.2. The standard InChI is InChI=1S/C23H27N3O2/c1-3-13-28-21-5-4-12-26(16-21)23(27)18-8-6-17(7-9-18)19-10-11-22-20(14-19)15-24-25(22)2/h6-11,14-15,21H,3-5,12-13,16H2,1-2H3/t21-/m0/s1. The van der Waals surface area contributed by atoms with Crippen LogP contribution in [0.5, 0.6) is 0 Å². The Hall–Kier alpha value is -2.66. The molecule has 5 heteroatoms. The quantitative estimate of drug-likeness (QED) is 0.667. The number of hydrogen-bond acceptors (Lipinski definition) is 3. The smallest absolute Gasteiger partial charge is 0.253 e. The third-order valence-corrected chi connectivity index (χ3v) is 5.43. The maximum Gasteiger partial charge on any atom is 0.253 e. The van der Waals surface area contributed by atoms with E-state index in [1.807, 2.05) is 47.1 Å². The van der Waals surface area contributed by atoms with Gasteiger partial charge in [0.15, 0.2) is 0 Å². The summed E-state index contributed by atoms with van der Waals surface area (Å²) in [5.41, 5.74) is 4.08. The molecule has 1 fully saturated rings. The second-order valence-electron chi connectivity index (χ2n) is 7.51. The van der Waals surface area contributed by atoms with Crippen LogP contribution >= 0.6 is 0 Å². The van der Waals surface area contributed by atoms with E-state index in [-0.39, 0.29) is 12.0 Å². The lowest BCUT2D eigenvalue weighted by atomic mass is 10.0. The van der Waals surface area contributed by atoms with Crippen molar-refractivity contribution in [3.8, 4) is 11.1 Å². The zero-order valence-electron chi connectivity index (χ0n) is 16.6. The fraction of sp³-hybridized carbons (Fsp3) is 0.391. The average molecular weight is 377 g/mol. The zero-order chi connectivity index (χ0) is 19.5. The highest BCUT2D eigenvalue weighted by atomic mass is 16.5. The van der Waals surface area contributed by atoms with Gasteiger partial charge in [-0.25, -0.2) is 0 Å². The van der Waals surface area contributed by atoms with Crippen molar-refractivity contribution in [2.75, 3.05) is 19.7 Å². The number of aryl methyl sites for hydroxylation is 1. The van der Waals surface area contributed by atoms with Gasteiger partial charge < -0.3 is 9.64 Å². The molecule has 4 rings (SSSR count). The fourth-order valence-corrected chi connectivity index (χ4v) is 3.87. The van der Waals surface area contributed by atoms with Crippen molar-refractivity contribution in [1.82, 2.24) is 14.7 Å². The molecule has 3 aromatic rings. The largest absolute Gasteiger partial charge is 0.376 e. The third-order valence-electron chi connectivity index (χ3n) is 5.43. The second kappa shape index (κ2) is 8.15. The van der Waals surface area contributed by atoms with E-state index in [0.717, 1.165) is 60.0 Å². The molecule has 2 heterocycles. The SMILES string of the molecule is CCCO[C@H]1CCCN(C(=O)c2ccc(-c3ccc4c(cnn4C)c3)cc2)C1. The van der Waals surface area contributed by atoms with Gasteiger partial charge in [-0.2, -0.15) is 5.10 Å². The van der Waals surface area contributed by atoms with Crippen LogP contribution in [0.4, 0.5) is 0 Å². The van der Waals surface area contributed by atoms with E-state index in [0.29, 0.717) is 6.54 Å². The zero-order valence-corrected chi connectivity index (χ0v) is 16.6. The number of amides is 1. The maximum absolute atomic E-state index is 12.9. The first-order chi connectivity index (χ1) is 13.7. The average Bonchev–Trinajstić information content (AvgIpc) is 3.12. The van der Waals surface area contributed by atoms with E-state index in [9.17, 15) is 4.79 Å². The Morgan fingerprint density at radius 1 is 1.18 bits per heavy atom. The third kappa shape index (κ3) is 3.80. The summed E-state index contributed by atoms with van der Waals surface area (Å²) in [7, 11) is 1.95. The molecular weight excluding hydrogens is 350 g/mol. The summed E-state index contributed by atoms with van der Waals surface area (Å²) in [5, 5.41) is 5.42. The van der Waals surface area contributed by atoms with Gasteiger partial charge in [-0.05, 0) is 54.7 Å². The number of carbonyl (C=O) groups excluding carboxylic acids is 1. The lowest BCUT2D eigenvalue weighted by Crippen LogP contribution is -2.43. The van der Waals surface area contributed by atoms with E-state index >= 15 is 0 Å². The number of rotatable bonds is 5. The lowest BCUT2D eigenvalue weighted by molar-refractivity contribution is 0.00211. The molecule has 1 aliphatic heterocycles. The van der Waals surface area contributed by atoms with Crippen molar-refractivity contribution in [2.24, 2.45) is 7.05 Å². The minimum Gasteiger partial charge on any atom is -0.376 e. The molecule has 5 nitrogen and oxygen atoms in total. The van der Waals surface area contributed by atoms with Crippen molar-refractivity contribution >= 4 is 16.8 Å². The van der Waals surface area contributed by atoms with Crippen LogP contribution in [0.25, 0.3) is 22.0 Å². The number of benzene rings is 2. The fourth-order valence-electron chi connectivity index (χ4n) is 3.87. The molecule has 1 saturated heterocycles. The number of ether oxygens (including phenoxy) is 1. The Morgan fingerprint density at radius 3 is 2.75 bits per heavy atom. The summed E-state index contributed by atoms with van der Waals surface area (Å²) in [6.07, 6.45) is 5.10. The molecule has 146 valence electrons. The number of carbonyl (C=O) groups is 1. The van der Waals surface area contributed by atoms with Crippen LogP contribution in [-0.2, 0) is 11.8 Å². The molecular formula is C23H27N3O2. The molecule has 0 radical (unpaired) electrons. The first-order valence-electron chi connectivity index (χ1n) is 10.1. The number of aromatic nitrogens is 2. The molecule has 1 amide bonds. The topological polar surface area (TPSA) is 47.4 Å². The summed E-state index contributed by atoms with van der Waals surface area (Å²) < 4.78 is 7.73. The van der Waals surface area contributed by atoms with E-state index in [1.54, 1.807) is 0 Å². The Morgan fingerprint density at radius 2 is 1.96 bits per heavy atom. The number of hydrogen-bond donors (Lipinski definition) is 0. The summed E-state index contributed by atoms with van der Waals surface area (Å²) in [4.78, 5) is 14.8. The Labute approximate surface area is 165 Å². The van der Waals surface area contributed by atoms with Gasteiger partial charge in [-0.3, -0.25) is 9.48 Å². The van der Waals surface area contributed by atoms with E-state index in [4.69, 9.17) is 4.74 Å². The van der Waals surface area contributed by atoms with Gasteiger partial charge in [0.2, 0.25) is 0 Å². The Kier molecular flexibility index (Phi) is 5.44. The van der Waals surface area contributed by atoms with Crippen molar-refractivity contribution in [3.63, 3.8) is 0 Å². The van der Waals surface area contributed by atoms with Gasteiger partial charge in [0.05, 0.1) is 17.8 Å². The van der Waals surface area contributed by atoms with Gasteiger partial charge in [-0.15, -0.1) is 0 Å². The molecule has 0 bridgehead atoms. The molecule has 0 spiro atoms. The van der Waals surface area contributed by atoms with Crippen LogP contribution in [0.15, 0.2) is 48.7 Å². The highest BCUT2D eigenvalue weighted by Gasteiger charge is 2.24. The highest BCUT2D eigenvalue weighted by molar-refractivity contribution is 5.95. The highest BCUT2D eigenvalue weighted by Crippen LogP contribution is 2.25. The summed E-state index contributed by atoms with van der Waals surface area (Å²) in [5.74, 6) is 0.0964. The van der Waals surface area contributed by atoms with Crippen molar-refractivity contribution in [3.05, 3.63) is 54.2 Å². The summed E-state index contributed by atoms with van der Waals surface area (Å²) >= 11 is 0. The second-order valence-corrected chi connectivity index (χ2v) is 7.51. The first-order valence-corrected chi connectivity index (χ1v) is 10.1. The molecule has 1 aliphatic rings. The predicted molar refractivity (Wildman–Crippen MR) is 111 cm³/mol. The lowest BCUT2D eigenvalue weighted by Gasteiger charge is -2.32. The number of piperidine rings is 1. The van der Waals surface area contributed by atoms with Gasteiger partial charge in [0, 0.05) is 37.7 Å². The van der Waals surface area contributed by atoms with Crippen molar-refractivity contribution < 1.29 is 9.53 Å². The van der Waals surface area contributed by atoms with Crippen LogP contribution in [0, 0.1) is 0 Å². The molecule has 28 heavy (non-hydrogen) atoms. The van der Waals surface area contributed by atoms with Crippen LogP contribution < -0.4 is 0 Å². The molecule has 1 aromatic heterocycles. The number of nitrogens with zero attached hydrogens (tertiary/aromatic N) is 3. The summed E-state index contributed by atoms with van der Waals surface area (Å²) in [6, 6.07) is 14.2. The van der Waals surface area contributed by atoms with Gasteiger partial charge >= 0.3 is 0 Å². The molecule has 0 saturated carbocycles. The molecule has 0 N–H and O–H groups in total. The van der Waals surface area contributed by atoms with Gasteiger partial charge in [-0.1, -0.05) is 25.1 Å². The monoisotopic (exact) mass is 377 g/mol. The van der Waals surface area contributed by atoms with Crippen LogP contribution in [-0.4, -0.2) is 46.4 Å². The minimum atomic E-state index is 0.0964. The van der Waals surface area contributed by atoms with Crippen LogP contribution in [0.2, 0.25) is 0 Å². The minimum absolute atomic E-state index is 0.0964. The van der Waals surface area contributed by atoms with E-state index < -0.39 is 0 Å². The molecule has 0 unspecified atom stereocenters. The van der Waals surface area contributed by atoms with E-state index in [1.165, 1.54) is 0 Å². The van der Waals surface area contributed by atoms with Gasteiger partial charge in [0.25, 0.3) is 5.91 Å². The maximum atomic E-state index is 12.9. The Bertz CT molecular complexity index is 962. The van der Waals surface area contributed by atoms with Crippen molar-refractivity contribution in [1.29, 1.82) is 0 Å². The molecule has 2 aromatic carbocycles. The first kappa shape index (κ1) is 18.7. The van der Waals surface area contributed by atoms with Crippen LogP contribution in [0.3, 0.4) is 0 Å². The Balaban J connectivity index is 1.48. The molecule has 1 atom stereocenters. The van der Waals surface area contributed by atoms with Crippen LogP contribution in [0.1, 0.15) is 36.5 Å².